The number of amides is 1. The number of carbonyl (C=O) groups excluding carboxylic acids is 1. The maximum Gasteiger partial charge on any atom is 0.252 e. The van der Waals surface area contributed by atoms with Crippen molar-refractivity contribution in [3.63, 3.8) is 0 Å². The molecule has 2 fully saturated rings. The van der Waals surface area contributed by atoms with Crippen LogP contribution in [0.25, 0.3) is 10.9 Å². The zero-order chi connectivity index (χ0) is 20.3. The zero-order valence-corrected chi connectivity index (χ0v) is 16.6. The molecule has 154 valence electrons. The number of carbonyl (C=O) groups is 1. The Balaban J connectivity index is 1.33. The second-order valence-electron chi connectivity index (χ2n) is 7.78. The van der Waals surface area contributed by atoms with Crippen LogP contribution in [0.1, 0.15) is 35.2 Å². The van der Waals surface area contributed by atoms with Crippen molar-refractivity contribution in [3.05, 3.63) is 59.8 Å². The van der Waals surface area contributed by atoms with Gasteiger partial charge < -0.3 is 20.1 Å². The number of hydrogen-bond acceptors (Lipinski definition) is 6. The maximum atomic E-state index is 12.7. The molecule has 1 unspecified atom stereocenters. The van der Waals surface area contributed by atoms with Gasteiger partial charge in [-0.05, 0) is 36.6 Å². The smallest absolute Gasteiger partial charge is 0.252 e. The first-order valence-electron chi connectivity index (χ1n) is 10.4. The van der Waals surface area contributed by atoms with Crippen LogP contribution >= 0.6 is 0 Å². The predicted octanol–water partition coefficient (Wildman–Crippen LogP) is 3.30. The second kappa shape index (κ2) is 8.28. The molecule has 2 N–H and O–H groups in total. The minimum atomic E-state index is -0.0440. The number of nitrogens with zero attached hydrogens (tertiary/aromatic N) is 2. The summed E-state index contributed by atoms with van der Waals surface area (Å²) in [6, 6.07) is 13.7. The fraction of sp³-hybridized carbons (Fsp3) is 0.348. The summed E-state index contributed by atoms with van der Waals surface area (Å²) in [6.07, 6.45) is 4.80. The molecule has 3 heterocycles. The first-order valence-corrected chi connectivity index (χ1v) is 10.4. The Kier molecular flexibility index (Phi) is 5.19. The quantitative estimate of drug-likeness (QED) is 0.629. The fourth-order valence-corrected chi connectivity index (χ4v) is 3.54. The first kappa shape index (κ1) is 18.8. The fourth-order valence-electron chi connectivity index (χ4n) is 3.54. The van der Waals surface area contributed by atoms with Crippen molar-refractivity contribution in [1.82, 2.24) is 15.3 Å². The summed E-state index contributed by atoms with van der Waals surface area (Å²) >= 11 is 0. The predicted molar refractivity (Wildman–Crippen MR) is 114 cm³/mol. The highest BCUT2D eigenvalue weighted by molar-refractivity contribution is 6.07. The van der Waals surface area contributed by atoms with Gasteiger partial charge in [0.1, 0.15) is 11.9 Å². The Morgan fingerprint density at radius 1 is 1.17 bits per heavy atom. The van der Waals surface area contributed by atoms with Gasteiger partial charge in [0.2, 0.25) is 5.88 Å². The number of fused-ring (bicyclic) bond motifs is 1. The van der Waals surface area contributed by atoms with Crippen LogP contribution in [-0.4, -0.2) is 41.2 Å². The minimum Gasteiger partial charge on any atom is -0.472 e. The Bertz CT molecular complexity index is 1060. The lowest BCUT2D eigenvalue weighted by molar-refractivity contribution is 0.0952. The number of ether oxygens (including phenoxy) is 2. The van der Waals surface area contributed by atoms with Crippen molar-refractivity contribution in [2.24, 2.45) is 0 Å². The van der Waals surface area contributed by atoms with E-state index >= 15 is 0 Å². The van der Waals surface area contributed by atoms with Gasteiger partial charge in [-0.15, -0.1) is 0 Å². The van der Waals surface area contributed by atoms with E-state index in [0.717, 1.165) is 42.3 Å². The van der Waals surface area contributed by atoms with E-state index in [9.17, 15) is 4.79 Å². The Hall–Kier alpha value is -3.19. The third-order valence-corrected chi connectivity index (χ3v) is 5.32. The molecule has 0 radical (unpaired) electrons. The Labute approximate surface area is 174 Å². The standard InChI is InChI=1S/C23H24N4O3/c28-23(26-16-5-6-16)19-12-21(27-20-4-2-1-3-18(19)20)25-13-15-7-9-24-22(11-15)30-17-8-10-29-14-17/h1-4,7,9,11-12,16-17H,5-6,8,10,13-14H2,(H,25,27)(H,26,28). The Morgan fingerprint density at radius 2 is 2.07 bits per heavy atom. The van der Waals surface area contributed by atoms with Gasteiger partial charge in [-0.1, -0.05) is 18.2 Å². The van der Waals surface area contributed by atoms with Gasteiger partial charge in [-0.3, -0.25) is 4.79 Å². The molecule has 5 rings (SSSR count). The van der Waals surface area contributed by atoms with E-state index in [2.05, 4.69) is 20.6 Å². The van der Waals surface area contributed by atoms with Crippen LogP contribution in [-0.2, 0) is 11.3 Å². The molecular formula is C23H24N4O3. The molecule has 3 aromatic rings. The van der Waals surface area contributed by atoms with Crippen molar-refractivity contribution in [1.29, 1.82) is 0 Å². The van der Waals surface area contributed by atoms with Crippen molar-refractivity contribution in [3.8, 4) is 5.88 Å². The van der Waals surface area contributed by atoms with Gasteiger partial charge in [0.15, 0.2) is 0 Å². The summed E-state index contributed by atoms with van der Waals surface area (Å²) in [5, 5.41) is 7.28. The summed E-state index contributed by atoms with van der Waals surface area (Å²) in [5.74, 6) is 1.22. The number of hydrogen-bond donors (Lipinski definition) is 2. The monoisotopic (exact) mass is 404 g/mol. The van der Waals surface area contributed by atoms with E-state index in [1.165, 1.54) is 0 Å². The summed E-state index contributed by atoms with van der Waals surface area (Å²) < 4.78 is 11.2. The molecule has 2 aromatic heterocycles. The number of anilines is 1. The molecule has 1 saturated carbocycles. The molecule has 7 nitrogen and oxygen atoms in total. The molecule has 0 spiro atoms. The van der Waals surface area contributed by atoms with E-state index in [0.29, 0.717) is 36.5 Å². The summed E-state index contributed by atoms with van der Waals surface area (Å²) in [7, 11) is 0. The number of para-hydroxylation sites is 1. The molecule has 0 bridgehead atoms. The summed E-state index contributed by atoms with van der Waals surface area (Å²) in [4.78, 5) is 21.7. The number of nitrogens with one attached hydrogen (secondary N) is 2. The molecule has 1 aliphatic heterocycles. The number of aromatic nitrogens is 2. The molecule has 7 heteroatoms. The lowest BCUT2D eigenvalue weighted by atomic mass is 10.1. The van der Waals surface area contributed by atoms with E-state index < -0.39 is 0 Å². The van der Waals surface area contributed by atoms with Crippen LogP contribution in [0.4, 0.5) is 5.82 Å². The van der Waals surface area contributed by atoms with Gasteiger partial charge in [0, 0.05) is 36.7 Å². The largest absolute Gasteiger partial charge is 0.472 e. The van der Waals surface area contributed by atoms with Gasteiger partial charge in [0.25, 0.3) is 5.91 Å². The lowest BCUT2D eigenvalue weighted by Gasteiger charge is -2.13. The highest BCUT2D eigenvalue weighted by atomic mass is 16.5. The van der Waals surface area contributed by atoms with Crippen LogP contribution in [0.2, 0.25) is 0 Å². The number of benzene rings is 1. The SMILES string of the molecule is O=C(NC1CC1)c1cc(NCc2ccnc(OC3CCOC3)c2)nc2ccccc12. The van der Waals surface area contributed by atoms with E-state index in [1.807, 2.05) is 42.5 Å². The Morgan fingerprint density at radius 3 is 2.90 bits per heavy atom. The minimum absolute atomic E-state index is 0.0440. The average molecular weight is 404 g/mol. The molecule has 1 amide bonds. The van der Waals surface area contributed by atoms with Crippen molar-refractivity contribution >= 4 is 22.6 Å². The first-order chi connectivity index (χ1) is 14.7. The van der Waals surface area contributed by atoms with E-state index in [4.69, 9.17) is 9.47 Å². The van der Waals surface area contributed by atoms with E-state index in [-0.39, 0.29) is 12.0 Å². The van der Waals surface area contributed by atoms with Gasteiger partial charge >= 0.3 is 0 Å². The van der Waals surface area contributed by atoms with Crippen LogP contribution in [0.15, 0.2) is 48.7 Å². The summed E-state index contributed by atoms with van der Waals surface area (Å²) in [6.45, 7) is 1.89. The van der Waals surface area contributed by atoms with Crippen LogP contribution in [0.3, 0.4) is 0 Å². The van der Waals surface area contributed by atoms with E-state index in [1.54, 1.807) is 6.20 Å². The average Bonchev–Trinajstić information content (AvgIpc) is 3.44. The van der Waals surface area contributed by atoms with Crippen LogP contribution in [0, 0.1) is 0 Å². The van der Waals surface area contributed by atoms with Gasteiger partial charge in [-0.25, -0.2) is 9.97 Å². The van der Waals surface area contributed by atoms with Crippen molar-refractivity contribution < 1.29 is 14.3 Å². The van der Waals surface area contributed by atoms with Gasteiger partial charge in [-0.2, -0.15) is 0 Å². The molecule has 1 atom stereocenters. The third kappa shape index (κ3) is 4.36. The number of pyridine rings is 2. The lowest BCUT2D eigenvalue weighted by Crippen LogP contribution is -2.25. The third-order valence-electron chi connectivity index (χ3n) is 5.32. The molecular weight excluding hydrogens is 380 g/mol. The topological polar surface area (TPSA) is 85.4 Å². The molecule has 1 aliphatic carbocycles. The molecule has 1 aromatic carbocycles. The summed E-state index contributed by atoms with van der Waals surface area (Å²) in [5.41, 5.74) is 2.47. The highest BCUT2D eigenvalue weighted by Crippen LogP contribution is 2.24. The second-order valence-corrected chi connectivity index (χ2v) is 7.78. The number of rotatable bonds is 7. The zero-order valence-electron chi connectivity index (χ0n) is 16.6. The van der Waals surface area contributed by atoms with Crippen molar-refractivity contribution in [2.75, 3.05) is 18.5 Å². The maximum absolute atomic E-state index is 12.7. The van der Waals surface area contributed by atoms with Crippen LogP contribution in [0.5, 0.6) is 5.88 Å². The van der Waals surface area contributed by atoms with Crippen molar-refractivity contribution in [2.45, 2.75) is 38.0 Å². The molecule has 2 aliphatic rings. The normalized spacial score (nSPS) is 18.3. The molecule has 30 heavy (non-hydrogen) atoms. The van der Waals surface area contributed by atoms with Crippen LogP contribution < -0.4 is 15.4 Å². The molecule has 1 saturated heterocycles. The van der Waals surface area contributed by atoms with Gasteiger partial charge in [0.05, 0.1) is 24.3 Å². The highest BCUT2D eigenvalue weighted by Gasteiger charge is 2.25.